The fraction of sp³-hybridized carbons (Fsp3) is 0.206. The Bertz CT molecular complexity index is 1850. The highest BCUT2D eigenvalue weighted by molar-refractivity contribution is 5.98. The Hall–Kier alpha value is -5.15. The maximum Gasteiger partial charge on any atom is 0.251 e. The van der Waals surface area contributed by atoms with Gasteiger partial charge in [0.15, 0.2) is 0 Å². The maximum absolute atomic E-state index is 13.2. The summed E-state index contributed by atoms with van der Waals surface area (Å²) in [4.78, 5) is 18.2. The molecule has 1 amide bonds. The van der Waals surface area contributed by atoms with Crippen LogP contribution >= 0.6 is 0 Å². The van der Waals surface area contributed by atoms with Crippen LogP contribution in [0.25, 0.3) is 33.5 Å². The molecule has 0 spiro atoms. The number of aryl methyl sites for hydroxylation is 2. The van der Waals surface area contributed by atoms with E-state index in [0.717, 1.165) is 63.1 Å². The molecule has 0 aliphatic carbocycles. The van der Waals surface area contributed by atoms with Crippen molar-refractivity contribution in [2.24, 2.45) is 0 Å². The molecule has 2 aromatic heterocycles. The minimum atomic E-state index is -0.779. The van der Waals surface area contributed by atoms with Gasteiger partial charge in [-0.1, -0.05) is 85.8 Å². The van der Waals surface area contributed by atoms with Crippen LogP contribution in [0.1, 0.15) is 52.3 Å². The molecule has 6 aromatic rings. The zero-order chi connectivity index (χ0) is 29.8. The zero-order valence-corrected chi connectivity index (χ0v) is 24.2. The van der Waals surface area contributed by atoms with Crippen LogP contribution in [0.15, 0.2) is 91.0 Å². The van der Waals surface area contributed by atoms with Crippen molar-refractivity contribution in [2.45, 2.75) is 39.3 Å². The number of fused-ring (bicyclic) bond motifs is 1. The van der Waals surface area contributed by atoms with Crippen molar-refractivity contribution in [3.8, 4) is 22.5 Å². The highest BCUT2D eigenvalue weighted by Gasteiger charge is 2.18. The molecule has 0 aliphatic rings. The first kappa shape index (κ1) is 28.0. The molecular weight excluding hydrogens is 538 g/mol. The average Bonchev–Trinajstić information content (AvgIpc) is 3.70. The quantitative estimate of drug-likeness (QED) is 0.195. The van der Waals surface area contributed by atoms with Crippen LogP contribution in [0.2, 0.25) is 0 Å². The smallest absolute Gasteiger partial charge is 0.251 e. The van der Waals surface area contributed by atoms with E-state index in [2.05, 4.69) is 67.8 Å². The van der Waals surface area contributed by atoms with Crippen molar-refractivity contribution in [2.75, 3.05) is 6.54 Å². The molecule has 0 fully saturated rings. The van der Waals surface area contributed by atoms with E-state index in [4.69, 9.17) is 4.98 Å². The molecule has 0 saturated carbocycles. The molecule has 43 heavy (non-hydrogen) atoms. The van der Waals surface area contributed by atoms with Crippen molar-refractivity contribution >= 4 is 16.9 Å². The molecule has 0 aliphatic heterocycles. The normalized spacial score (nSPS) is 12.0. The van der Waals surface area contributed by atoms with E-state index >= 15 is 0 Å². The van der Waals surface area contributed by atoms with Crippen molar-refractivity contribution in [1.29, 1.82) is 0 Å². The number of nitrogens with zero attached hydrogens (tertiary/aromatic N) is 5. The molecule has 6 rings (SSSR count). The lowest BCUT2D eigenvalue weighted by molar-refractivity contribution is 0.0916. The predicted molar refractivity (Wildman–Crippen MR) is 166 cm³/mol. The van der Waals surface area contributed by atoms with E-state index in [9.17, 15) is 9.90 Å². The number of hydrogen-bond donors (Lipinski definition) is 3. The van der Waals surface area contributed by atoms with Crippen LogP contribution in [-0.2, 0) is 13.0 Å². The molecule has 0 bridgehead atoms. The summed E-state index contributed by atoms with van der Waals surface area (Å²) in [5, 5.41) is 28.0. The first-order valence-electron chi connectivity index (χ1n) is 14.4. The number of aromatic nitrogens is 6. The third-order valence-corrected chi connectivity index (χ3v) is 7.62. The number of nitrogens with one attached hydrogen (secondary N) is 2. The fourth-order valence-corrected chi connectivity index (χ4v) is 5.43. The second-order valence-corrected chi connectivity index (χ2v) is 10.6. The Kier molecular flexibility index (Phi) is 8.06. The highest BCUT2D eigenvalue weighted by atomic mass is 16.3. The number of tetrazole rings is 1. The summed E-state index contributed by atoms with van der Waals surface area (Å²) < 4.78 is 2.21. The summed E-state index contributed by atoms with van der Waals surface area (Å²) in [5.74, 6) is 1.32. The standard InChI is InChI=1S/C34H33N7O2/c1-3-9-31-36-32-22(2)18-26(34(43)35-20-30(42)25-10-5-4-6-11-25)19-29(32)41(31)21-23-14-16-24(17-15-23)27-12-7-8-13-28(27)33-37-39-40-38-33/h4-8,10-19,30,42H,3,9,20-21H2,1-2H3,(H,35,43)(H,37,38,39,40)/t30-/m1/s1. The number of aliphatic hydroxyl groups excluding tert-OH is 1. The van der Waals surface area contributed by atoms with Crippen LogP contribution in [-0.4, -0.2) is 47.7 Å². The number of carbonyl (C=O) groups is 1. The number of aromatic amines is 1. The lowest BCUT2D eigenvalue weighted by Gasteiger charge is -2.14. The molecule has 2 heterocycles. The Labute approximate surface area is 249 Å². The third-order valence-electron chi connectivity index (χ3n) is 7.62. The summed E-state index contributed by atoms with van der Waals surface area (Å²) in [6.45, 7) is 4.88. The van der Waals surface area contributed by atoms with Gasteiger partial charge in [-0.3, -0.25) is 4.79 Å². The van der Waals surface area contributed by atoms with E-state index in [0.29, 0.717) is 17.9 Å². The molecule has 4 aromatic carbocycles. The van der Waals surface area contributed by atoms with Crippen LogP contribution in [0.3, 0.4) is 0 Å². The minimum Gasteiger partial charge on any atom is -0.387 e. The van der Waals surface area contributed by atoms with Gasteiger partial charge in [0, 0.05) is 30.6 Å². The number of imidazole rings is 1. The summed E-state index contributed by atoms with van der Waals surface area (Å²) in [6, 6.07) is 29.6. The van der Waals surface area contributed by atoms with Gasteiger partial charge in [0.1, 0.15) is 5.82 Å². The molecule has 9 heteroatoms. The molecule has 0 radical (unpaired) electrons. The van der Waals surface area contributed by atoms with Gasteiger partial charge in [0.25, 0.3) is 5.91 Å². The Morgan fingerprint density at radius 1 is 0.977 bits per heavy atom. The number of hydrogen-bond acceptors (Lipinski definition) is 6. The van der Waals surface area contributed by atoms with Crippen molar-refractivity contribution in [3.05, 3.63) is 119 Å². The van der Waals surface area contributed by atoms with E-state index in [1.54, 1.807) is 0 Å². The number of H-pyrrole nitrogens is 1. The number of aliphatic hydroxyl groups is 1. The van der Waals surface area contributed by atoms with Crippen LogP contribution in [0.4, 0.5) is 0 Å². The maximum atomic E-state index is 13.2. The molecule has 0 unspecified atom stereocenters. The van der Waals surface area contributed by atoms with E-state index in [-0.39, 0.29) is 12.5 Å². The van der Waals surface area contributed by atoms with Crippen LogP contribution in [0, 0.1) is 6.92 Å². The average molecular weight is 572 g/mol. The second kappa shape index (κ2) is 12.4. The van der Waals surface area contributed by atoms with Crippen molar-refractivity contribution < 1.29 is 9.90 Å². The Morgan fingerprint density at radius 3 is 2.44 bits per heavy atom. The number of rotatable bonds is 10. The van der Waals surface area contributed by atoms with Gasteiger partial charge >= 0.3 is 0 Å². The predicted octanol–water partition coefficient (Wildman–Crippen LogP) is 5.66. The van der Waals surface area contributed by atoms with Gasteiger partial charge < -0.3 is 15.0 Å². The molecule has 3 N–H and O–H groups in total. The van der Waals surface area contributed by atoms with Gasteiger partial charge in [0.2, 0.25) is 5.82 Å². The number of benzene rings is 4. The monoisotopic (exact) mass is 571 g/mol. The lowest BCUT2D eigenvalue weighted by atomic mass is 9.98. The van der Waals surface area contributed by atoms with E-state index < -0.39 is 6.10 Å². The van der Waals surface area contributed by atoms with Gasteiger partial charge in [-0.15, -0.1) is 10.2 Å². The second-order valence-electron chi connectivity index (χ2n) is 10.6. The molecular formula is C34H33N7O2. The Balaban J connectivity index is 1.27. The highest BCUT2D eigenvalue weighted by Crippen LogP contribution is 2.30. The minimum absolute atomic E-state index is 0.127. The SMILES string of the molecule is CCCc1nc2c(C)cc(C(=O)NC[C@@H](O)c3ccccc3)cc2n1Cc1ccc(-c2ccccc2-c2nn[nH]n2)cc1. The third kappa shape index (κ3) is 5.93. The van der Waals surface area contributed by atoms with E-state index in [1.165, 1.54) is 0 Å². The number of amides is 1. The van der Waals surface area contributed by atoms with Crippen LogP contribution in [0.5, 0.6) is 0 Å². The van der Waals surface area contributed by atoms with Crippen LogP contribution < -0.4 is 5.32 Å². The van der Waals surface area contributed by atoms with Gasteiger partial charge in [-0.2, -0.15) is 5.21 Å². The molecule has 0 saturated heterocycles. The van der Waals surface area contributed by atoms with Gasteiger partial charge in [-0.25, -0.2) is 4.98 Å². The lowest BCUT2D eigenvalue weighted by Crippen LogP contribution is -2.28. The van der Waals surface area contributed by atoms with Crippen molar-refractivity contribution in [3.63, 3.8) is 0 Å². The first-order valence-corrected chi connectivity index (χ1v) is 14.4. The molecule has 9 nitrogen and oxygen atoms in total. The topological polar surface area (TPSA) is 122 Å². The number of carbonyl (C=O) groups excluding carboxylic acids is 1. The van der Waals surface area contributed by atoms with Gasteiger partial charge in [-0.05, 0) is 58.5 Å². The summed E-state index contributed by atoms with van der Waals surface area (Å²) in [6.07, 6.45) is 1.01. The van der Waals surface area contributed by atoms with Gasteiger partial charge in [0.05, 0.1) is 17.1 Å². The summed E-state index contributed by atoms with van der Waals surface area (Å²) >= 11 is 0. The Morgan fingerprint density at radius 2 is 1.72 bits per heavy atom. The largest absolute Gasteiger partial charge is 0.387 e. The first-order chi connectivity index (χ1) is 21.0. The summed E-state index contributed by atoms with van der Waals surface area (Å²) in [7, 11) is 0. The van der Waals surface area contributed by atoms with Crippen molar-refractivity contribution in [1.82, 2.24) is 35.5 Å². The zero-order valence-electron chi connectivity index (χ0n) is 24.2. The summed E-state index contributed by atoms with van der Waals surface area (Å²) in [5.41, 5.74) is 8.18. The molecule has 1 atom stereocenters. The molecule has 216 valence electrons. The fourth-order valence-electron chi connectivity index (χ4n) is 5.43. The van der Waals surface area contributed by atoms with E-state index in [1.807, 2.05) is 67.6 Å².